The molecule has 0 aromatic heterocycles. The van der Waals surface area contributed by atoms with Gasteiger partial charge in [0, 0.05) is 33.2 Å². The molecule has 0 spiro atoms. The molecular weight excluding hydrogens is 212 g/mol. The van der Waals surface area contributed by atoms with E-state index in [1.165, 1.54) is 38.8 Å². The van der Waals surface area contributed by atoms with Crippen molar-refractivity contribution >= 4 is 5.96 Å². The quantitative estimate of drug-likeness (QED) is 0.796. The molecule has 0 aromatic rings. The second-order valence-corrected chi connectivity index (χ2v) is 5.47. The van der Waals surface area contributed by atoms with Crippen LogP contribution in [0.3, 0.4) is 0 Å². The van der Waals surface area contributed by atoms with Crippen molar-refractivity contribution in [2.24, 2.45) is 10.9 Å². The van der Waals surface area contributed by atoms with Gasteiger partial charge in [0.05, 0.1) is 0 Å². The Labute approximate surface area is 105 Å². The van der Waals surface area contributed by atoms with E-state index in [9.17, 15) is 0 Å². The maximum absolute atomic E-state index is 4.53. The SMILES string of the molecule is CN1CCCC(CCNC2=NCCCN2C)C1. The van der Waals surface area contributed by atoms with Crippen LogP contribution in [-0.4, -0.2) is 62.6 Å². The summed E-state index contributed by atoms with van der Waals surface area (Å²) in [5.74, 6) is 1.97. The number of piperidine rings is 1. The molecule has 0 aliphatic carbocycles. The maximum atomic E-state index is 4.53. The van der Waals surface area contributed by atoms with E-state index in [-0.39, 0.29) is 0 Å². The predicted molar refractivity (Wildman–Crippen MR) is 72.4 cm³/mol. The van der Waals surface area contributed by atoms with E-state index in [1.54, 1.807) is 0 Å². The van der Waals surface area contributed by atoms with Gasteiger partial charge in [-0.05, 0) is 45.2 Å². The zero-order chi connectivity index (χ0) is 12.1. The zero-order valence-electron chi connectivity index (χ0n) is 11.3. The van der Waals surface area contributed by atoms with Crippen molar-refractivity contribution in [3.05, 3.63) is 0 Å². The molecule has 1 fully saturated rings. The van der Waals surface area contributed by atoms with Gasteiger partial charge in [0.15, 0.2) is 5.96 Å². The summed E-state index contributed by atoms with van der Waals surface area (Å²) in [6.07, 6.45) is 5.22. The summed E-state index contributed by atoms with van der Waals surface area (Å²) in [6.45, 7) is 5.74. The van der Waals surface area contributed by atoms with Crippen molar-refractivity contribution in [1.82, 2.24) is 15.1 Å². The van der Waals surface area contributed by atoms with Crippen LogP contribution < -0.4 is 5.32 Å². The standard InChI is InChI=1S/C13H26N4/c1-16-9-3-5-12(11-16)6-8-15-13-14-7-4-10-17(13)2/h12H,3-11H2,1-2H3,(H,14,15). The smallest absolute Gasteiger partial charge is 0.193 e. The third-order valence-electron chi connectivity index (χ3n) is 3.83. The zero-order valence-corrected chi connectivity index (χ0v) is 11.3. The Kier molecular flexibility index (Phi) is 4.66. The molecule has 0 saturated carbocycles. The molecule has 2 rings (SSSR count). The maximum Gasteiger partial charge on any atom is 0.193 e. The molecule has 2 aliphatic rings. The first kappa shape index (κ1) is 12.7. The summed E-state index contributed by atoms with van der Waals surface area (Å²) in [5, 5.41) is 3.49. The van der Waals surface area contributed by atoms with Crippen LogP contribution in [0.4, 0.5) is 0 Å². The highest BCUT2D eigenvalue weighted by Crippen LogP contribution is 2.17. The largest absolute Gasteiger partial charge is 0.356 e. The third kappa shape index (κ3) is 3.87. The minimum Gasteiger partial charge on any atom is -0.356 e. The van der Waals surface area contributed by atoms with E-state index in [0.717, 1.165) is 31.5 Å². The minimum absolute atomic E-state index is 0.871. The predicted octanol–water partition coefficient (Wildman–Crippen LogP) is 0.999. The Hall–Kier alpha value is -0.770. The molecule has 0 radical (unpaired) electrons. The molecule has 4 heteroatoms. The number of nitrogens with one attached hydrogen (secondary N) is 1. The van der Waals surface area contributed by atoms with E-state index in [2.05, 4.69) is 34.2 Å². The van der Waals surface area contributed by atoms with Crippen LogP contribution in [0, 0.1) is 5.92 Å². The summed E-state index contributed by atoms with van der Waals surface area (Å²) in [4.78, 5) is 9.22. The molecule has 17 heavy (non-hydrogen) atoms. The van der Waals surface area contributed by atoms with Crippen LogP contribution in [0.5, 0.6) is 0 Å². The number of nitrogens with zero attached hydrogens (tertiary/aromatic N) is 3. The second-order valence-electron chi connectivity index (χ2n) is 5.47. The number of likely N-dealkylation sites (tertiary alicyclic amines) is 1. The fourth-order valence-electron chi connectivity index (χ4n) is 2.81. The summed E-state index contributed by atoms with van der Waals surface area (Å²) in [5.41, 5.74) is 0. The summed E-state index contributed by atoms with van der Waals surface area (Å²) in [6, 6.07) is 0. The third-order valence-corrected chi connectivity index (χ3v) is 3.83. The topological polar surface area (TPSA) is 30.9 Å². The van der Waals surface area contributed by atoms with E-state index < -0.39 is 0 Å². The van der Waals surface area contributed by atoms with Crippen molar-refractivity contribution in [2.45, 2.75) is 25.7 Å². The van der Waals surface area contributed by atoms with Crippen LogP contribution in [0.15, 0.2) is 4.99 Å². The van der Waals surface area contributed by atoms with Crippen molar-refractivity contribution in [1.29, 1.82) is 0 Å². The van der Waals surface area contributed by atoms with Gasteiger partial charge >= 0.3 is 0 Å². The van der Waals surface area contributed by atoms with Crippen molar-refractivity contribution in [3.63, 3.8) is 0 Å². The highest BCUT2D eigenvalue weighted by molar-refractivity contribution is 5.80. The number of rotatable bonds is 3. The Balaban J connectivity index is 1.66. The molecule has 0 bridgehead atoms. The van der Waals surface area contributed by atoms with Gasteiger partial charge in [-0.1, -0.05) is 0 Å². The van der Waals surface area contributed by atoms with E-state index in [4.69, 9.17) is 0 Å². The van der Waals surface area contributed by atoms with Crippen LogP contribution in [0.1, 0.15) is 25.7 Å². The van der Waals surface area contributed by atoms with Gasteiger partial charge in [0.25, 0.3) is 0 Å². The minimum atomic E-state index is 0.871. The van der Waals surface area contributed by atoms with Crippen molar-refractivity contribution < 1.29 is 0 Å². The first-order chi connectivity index (χ1) is 8.25. The average molecular weight is 238 g/mol. The fourth-order valence-corrected chi connectivity index (χ4v) is 2.81. The van der Waals surface area contributed by atoms with Gasteiger partial charge in [0.1, 0.15) is 0 Å². The number of guanidine groups is 1. The molecule has 4 nitrogen and oxygen atoms in total. The Morgan fingerprint density at radius 2 is 2.18 bits per heavy atom. The summed E-state index contributed by atoms with van der Waals surface area (Å²) < 4.78 is 0. The lowest BCUT2D eigenvalue weighted by molar-refractivity contribution is 0.202. The van der Waals surface area contributed by atoms with Gasteiger partial charge in [-0.2, -0.15) is 0 Å². The molecule has 2 aliphatic heterocycles. The molecule has 1 atom stereocenters. The lowest BCUT2D eigenvalue weighted by Gasteiger charge is -2.30. The van der Waals surface area contributed by atoms with Crippen molar-refractivity contribution in [3.8, 4) is 0 Å². The van der Waals surface area contributed by atoms with Gasteiger partial charge in [-0.3, -0.25) is 4.99 Å². The van der Waals surface area contributed by atoms with E-state index in [0.29, 0.717) is 0 Å². The molecule has 2 heterocycles. The molecule has 0 aromatic carbocycles. The highest BCUT2D eigenvalue weighted by atomic mass is 15.3. The number of hydrogen-bond acceptors (Lipinski definition) is 4. The van der Waals surface area contributed by atoms with Crippen LogP contribution >= 0.6 is 0 Å². The van der Waals surface area contributed by atoms with E-state index in [1.807, 2.05) is 0 Å². The monoisotopic (exact) mass is 238 g/mol. The Morgan fingerprint density at radius 3 is 2.94 bits per heavy atom. The normalized spacial score (nSPS) is 26.8. The van der Waals surface area contributed by atoms with Crippen molar-refractivity contribution in [2.75, 3.05) is 46.8 Å². The Morgan fingerprint density at radius 1 is 1.29 bits per heavy atom. The van der Waals surface area contributed by atoms with Gasteiger partial charge in [0.2, 0.25) is 0 Å². The second kappa shape index (κ2) is 6.24. The van der Waals surface area contributed by atoms with Crippen LogP contribution in [0.2, 0.25) is 0 Å². The van der Waals surface area contributed by atoms with Gasteiger partial charge in [-0.15, -0.1) is 0 Å². The van der Waals surface area contributed by atoms with Crippen LogP contribution in [-0.2, 0) is 0 Å². The van der Waals surface area contributed by atoms with E-state index >= 15 is 0 Å². The first-order valence-electron chi connectivity index (χ1n) is 6.93. The Bertz CT molecular complexity index is 264. The van der Waals surface area contributed by atoms with Crippen LogP contribution in [0.25, 0.3) is 0 Å². The highest BCUT2D eigenvalue weighted by Gasteiger charge is 2.17. The van der Waals surface area contributed by atoms with Gasteiger partial charge < -0.3 is 15.1 Å². The summed E-state index contributed by atoms with van der Waals surface area (Å²) in [7, 11) is 4.36. The van der Waals surface area contributed by atoms with Gasteiger partial charge in [-0.25, -0.2) is 0 Å². The molecule has 98 valence electrons. The lowest BCUT2D eigenvalue weighted by atomic mass is 9.95. The molecule has 0 amide bonds. The average Bonchev–Trinajstić information content (AvgIpc) is 2.32. The number of aliphatic imine (C=N–C) groups is 1. The molecule has 1 saturated heterocycles. The molecule has 1 N–H and O–H groups in total. The first-order valence-corrected chi connectivity index (χ1v) is 6.93. The fraction of sp³-hybridized carbons (Fsp3) is 0.923. The number of hydrogen-bond donors (Lipinski definition) is 1. The molecule has 1 unspecified atom stereocenters. The lowest BCUT2D eigenvalue weighted by Crippen LogP contribution is -2.43. The summed E-state index contributed by atoms with van der Waals surface area (Å²) >= 11 is 0. The molecular formula is C13H26N4.